The molecule has 2 aromatic rings. The Hall–Kier alpha value is -0.970. The van der Waals surface area contributed by atoms with Crippen LogP contribution in [0.25, 0.3) is 10.2 Å². The lowest BCUT2D eigenvalue weighted by atomic mass is 10.3. The first-order valence-electron chi connectivity index (χ1n) is 3.60. The molecule has 0 unspecified atom stereocenters. The zero-order chi connectivity index (χ0) is 9.64. The van der Waals surface area contributed by atoms with Crippen molar-refractivity contribution in [3.63, 3.8) is 0 Å². The van der Waals surface area contributed by atoms with E-state index in [4.69, 9.17) is 0 Å². The summed E-state index contributed by atoms with van der Waals surface area (Å²) < 4.78 is 39.0. The van der Waals surface area contributed by atoms with Crippen molar-refractivity contribution in [2.45, 2.75) is 6.18 Å². The van der Waals surface area contributed by atoms with Crippen molar-refractivity contribution in [3.05, 3.63) is 23.2 Å². The average Bonchev–Trinajstić information content (AvgIpc) is 2.51. The van der Waals surface area contributed by atoms with Gasteiger partial charge in [0.25, 0.3) is 0 Å². The maximum absolute atomic E-state index is 12.4. The number of fused-ring (bicyclic) bond motifs is 1. The molecule has 0 aromatic carbocycles. The van der Waals surface area contributed by atoms with E-state index in [1.165, 1.54) is 4.57 Å². The summed E-state index contributed by atoms with van der Waals surface area (Å²) in [6.07, 6.45) is -3.12. The molecule has 0 N–H and O–H groups in total. The molecule has 0 fully saturated rings. The number of alkyl halides is 3. The Bertz CT molecular complexity index is 438. The minimum Gasteiger partial charge on any atom is -0.349 e. The van der Waals surface area contributed by atoms with Gasteiger partial charge in [0, 0.05) is 13.2 Å². The van der Waals surface area contributed by atoms with E-state index < -0.39 is 11.7 Å². The minimum absolute atomic E-state index is 0.315. The van der Waals surface area contributed by atoms with Crippen molar-refractivity contribution in [3.8, 4) is 0 Å². The molecule has 0 amide bonds. The van der Waals surface area contributed by atoms with Crippen LogP contribution in [0.15, 0.2) is 17.6 Å². The summed E-state index contributed by atoms with van der Waals surface area (Å²) in [7, 11) is 1.62. The third kappa shape index (κ3) is 1.23. The van der Waals surface area contributed by atoms with E-state index in [1.54, 1.807) is 18.5 Å². The fraction of sp³-hybridized carbons (Fsp3) is 0.250. The molecule has 2 aromatic heterocycles. The summed E-state index contributed by atoms with van der Waals surface area (Å²) in [5.41, 5.74) is 0.0947. The van der Waals surface area contributed by atoms with Gasteiger partial charge < -0.3 is 4.57 Å². The maximum Gasteiger partial charge on any atom is 0.419 e. The van der Waals surface area contributed by atoms with Crippen LogP contribution in [0.5, 0.6) is 0 Å². The molecule has 2 heterocycles. The fourth-order valence-electron chi connectivity index (χ4n) is 1.31. The topological polar surface area (TPSA) is 4.93 Å². The van der Waals surface area contributed by atoms with Gasteiger partial charge in [0.15, 0.2) is 0 Å². The molecule has 0 aliphatic heterocycles. The molecule has 0 saturated heterocycles. The number of aromatic nitrogens is 1. The van der Waals surface area contributed by atoms with E-state index in [2.05, 4.69) is 0 Å². The molecule has 0 atom stereocenters. The number of aryl methyl sites for hydroxylation is 1. The molecule has 0 aliphatic carbocycles. The van der Waals surface area contributed by atoms with Gasteiger partial charge in [-0.15, -0.1) is 11.3 Å². The van der Waals surface area contributed by atoms with E-state index in [0.29, 0.717) is 10.2 Å². The summed E-state index contributed by atoms with van der Waals surface area (Å²) in [6.45, 7) is 0. The molecular weight excluding hydrogens is 199 g/mol. The van der Waals surface area contributed by atoms with Gasteiger partial charge in [0.1, 0.15) is 0 Å². The first-order chi connectivity index (χ1) is 6.00. The molecule has 2 rings (SSSR count). The van der Waals surface area contributed by atoms with Crippen molar-refractivity contribution in [2.24, 2.45) is 7.05 Å². The molecular formula is C8H6F3NS. The summed E-state index contributed by atoms with van der Waals surface area (Å²) in [5.74, 6) is 0. The Balaban J connectivity index is 2.76. The van der Waals surface area contributed by atoms with Gasteiger partial charge in [-0.2, -0.15) is 13.2 Å². The summed E-state index contributed by atoms with van der Waals surface area (Å²) in [5, 5.41) is 1.67. The summed E-state index contributed by atoms with van der Waals surface area (Å²) in [6, 6.07) is 1.69. The lowest BCUT2D eigenvalue weighted by molar-refractivity contribution is -0.136. The van der Waals surface area contributed by atoms with Crippen molar-refractivity contribution in [1.82, 2.24) is 4.57 Å². The predicted octanol–water partition coefficient (Wildman–Crippen LogP) is 3.26. The van der Waals surface area contributed by atoms with Crippen LogP contribution < -0.4 is 0 Å². The van der Waals surface area contributed by atoms with E-state index >= 15 is 0 Å². The van der Waals surface area contributed by atoms with Gasteiger partial charge >= 0.3 is 6.18 Å². The second kappa shape index (κ2) is 2.51. The smallest absolute Gasteiger partial charge is 0.349 e. The zero-order valence-electron chi connectivity index (χ0n) is 6.72. The van der Waals surface area contributed by atoms with Gasteiger partial charge in [0.05, 0.1) is 15.8 Å². The lowest BCUT2D eigenvalue weighted by Gasteiger charge is -2.01. The highest BCUT2D eigenvalue weighted by Gasteiger charge is 2.34. The maximum atomic E-state index is 12.4. The quantitative estimate of drug-likeness (QED) is 0.622. The molecule has 0 spiro atoms. The van der Waals surface area contributed by atoms with Crippen molar-refractivity contribution in [2.75, 3.05) is 0 Å². The molecule has 0 aliphatic rings. The fourth-order valence-corrected chi connectivity index (χ4v) is 2.27. The predicted molar refractivity (Wildman–Crippen MR) is 45.8 cm³/mol. The van der Waals surface area contributed by atoms with Crippen molar-refractivity contribution >= 4 is 21.6 Å². The van der Waals surface area contributed by atoms with Crippen LogP contribution in [0.4, 0.5) is 13.2 Å². The monoisotopic (exact) mass is 205 g/mol. The third-order valence-electron chi connectivity index (χ3n) is 1.90. The molecule has 13 heavy (non-hydrogen) atoms. The van der Waals surface area contributed by atoms with E-state index in [9.17, 15) is 13.2 Å². The second-order valence-electron chi connectivity index (χ2n) is 2.79. The summed E-state index contributed by atoms with van der Waals surface area (Å²) in [4.78, 5) is 0. The van der Waals surface area contributed by atoms with Gasteiger partial charge in [-0.1, -0.05) is 0 Å². The zero-order valence-corrected chi connectivity index (χ0v) is 7.54. The van der Waals surface area contributed by atoms with Crippen LogP contribution in [-0.4, -0.2) is 4.57 Å². The van der Waals surface area contributed by atoms with Crippen LogP contribution in [0, 0.1) is 0 Å². The number of thiophene rings is 1. The first kappa shape index (κ1) is 8.62. The van der Waals surface area contributed by atoms with E-state index in [-0.39, 0.29) is 0 Å². The number of hydrogen-bond acceptors (Lipinski definition) is 1. The SMILES string of the molecule is Cn1cc(C(F)(F)F)c2sccc21. The van der Waals surface area contributed by atoms with Crippen LogP contribution >= 0.6 is 11.3 Å². The number of hydrogen-bond donors (Lipinski definition) is 0. The molecule has 1 nitrogen and oxygen atoms in total. The summed E-state index contributed by atoms with van der Waals surface area (Å²) >= 11 is 1.12. The number of halogens is 3. The average molecular weight is 205 g/mol. The molecule has 5 heteroatoms. The van der Waals surface area contributed by atoms with E-state index in [1.807, 2.05) is 0 Å². The Labute approximate surface area is 76.4 Å². The van der Waals surface area contributed by atoms with Gasteiger partial charge in [0.2, 0.25) is 0 Å². The van der Waals surface area contributed by atoms with Gasteiger partial charge in [-0.25, -0.2) is 0 Å². The van der Waals surface area contributed by atoms with E-state index in [0.717, 1.165) is 17.5 Å². The van der Waals surface area contributed by atoms with Crippen LogP contribution in [0.2, 0.25) is 0 Å². The Morgan fingerprint density at radius 3 is 2.69 bits per heavy atom. The lowest BCUT2D eigenvalue weighted by Crippen LogP contribution is -2.03. The molecule has 0 saturated carbocycles. The molecule has 0 bridgehead atoms. The van der Waals surface area contributed by atoms with Gasteiger partial charge in [-0.05, 0) is 11.4 Å². The minimum atomic E-state index is -4.25. The number of rotatable bonds is 0. The highest BCUT2D eigenvalue weighted by molar-refractivity contribution is 7.17. The Morgan fingerprint density at radius 1 is 1.38 bits per heavy atom. The molecule has 0 radical (unpaired) electrons. The Morgan fingerprint density at radius 2 is 2.08 bits per heavy atom. The highest BCUT2D eigenvalue weighted by atomic mass is 32.1. The Kier molecular flexibility index (Phi) is 1.66. The normalized spacial score (nSPS) is 12.6. The van der Waals surface area contributed by atoms with Crippen LogP contribution in [0.3, 0.4) is 0 Å². The second-order valence-corrected chi connectivity index (χ2v) is 3.70. The first-order valence-corrected chi connectivity index (χ1v) is 4.48. The largest absolute Gasteiger partial charge is 0.419 e. The number of nitrogens with zero attached hydrogens (tertiary/aromatic N) is 1. The van der Waals surface area contributed by atoms with Gasteiger partial charge in [-0.3, -0.25) is 0 Å². The van der Waals surface area contributed by atoms with Crippen molar-refractivity contribution in [1.29, 1.82) is 0 Å². The standard InChI is InChI=1S/C8H6F3NS/c1-12-4-5(8(9,10)11)7-6(12)2-3-13-7/h2-4H,1H3. The third-order valence-corrected chi connectivity index (χ3v) is 2.83. The highest BCUT2D eigenvalue weighted by Crippen LogP contribution is 2.38. The molecule has 70 valence electrons. The van der Waals surface area contributed by atoms with Crippen LogP contribution in [0.1, 0.15) is 5.56 Å². The van der Waals surface area contributed by atoms with Crippen molar-refractivity contribution < 1.29 is 13.2 Å². The van der Waals surface area contributed by atoms with Crippen LogP contribution in [-0.2, 0) is 13.2 Å².